The molecule has 2 amide bonds. The van der Waals surface area contributed by atoms with E-state index >= 15 is 0 Å². The lowest BCUT2D eigenvalue weighted by molar-refractivity contribution is -0.136. The van der Waals surface area contributed by atoms with E-state index < -0.39 is 0 Å². The van der Waals surface area contributed by atoms with Gasteiger partial charge in [0.1, 0.15) is 11.5 Å². The summed E-state index contributed by atoms with van der Waals surface area (Å²) in [6, 6.07) is 11.0. The van der Waals surface area contributed by atoms with Crippen LogP contribution in [0, 0.1) is 0 Å². The van der Waals surface area contributed by atoms with Gasteiger partial charge in [0.15, 0.2) is 0 Å². The van der Waals surface area contributed by atoms with Gasteiger partial charge in [0.25, 0.3) is 11.8 Å². The topological polar surface area (TPSA) is 59.8 Å². The molecule has 3 rings (SSSR count). The van der Waals surface area contributed by atoms with Gasteiger partial charge in [-0.3, -0.25) is 14.5 Å². The normalized spacial score (nSPS) is 14.5. The number of ether oxygens (including phenoxy) is 1. The van der Waals surface area contributed by atoms with Crippen LogP contribution in [0.3, 0.4) is 0 Å². The first-order chi connectivity index (χ1) is 13.5. The van der Waals surface area contributed by atoms with E-state index in [4.69, 9.17) is 9.15 Å². The van der Waals surface area contributed by atoms with Crippen molar-refractivity contribution in [3.63, 3.8) is 0 Å². The summed E-state index contributed by atoms with van der Waals surface area (Å²) in [6.45, 7) is 6.41. The zero-order valence-corrected chi connectivity index (χ0v) is 17.3. The van der Waals surface area contributed by atoms with Gasteiger partial charge in [-0.1, -0.05) is 25.5 Å². The Bertz CT molecular complexity index is 853. The molecule has 1 aromatic heterocycles. The molecule has 0 spiro atoms. The van der Waals surface area contributed by atoms with E-state index in [0.29, 0.717) is 22.8 Å². The van der Waals surface area contributed by atoms with Gasteiger partial charge in [0.2, 0.25) is 0 Å². The Balaban J connectivity index is 1.90. The third-order valence-electron chi connectivity index (χ3n) is 4.31. The van der Waals surface area contributed by atoms with Gasteiger partial charge in [-0.15, -0.1) is 11.8 Å². The van der Waals surface area contributed by atoms with Crippen LogP contribution in [0.25, 0.3) is 5.57 Å². The number of imide groups is 1. The molecule has 1 aliphatic rings. The van der Waals surface area contributed by atoms with Crippen LogP contribution in [-0.4, -0.2) is 29.4 Å². The highest BCUT2D eigenvalue weighted by atomic mass is 32.2. The number of carbonyl (C=O) groups is 2. The van der Waals surface area contributed by atoms with Gasteiger partial charge >= 0.3 is 0 Å². The molecule has 2 heterocycles. The maximum absolute atomic E-state index is 13.0. The predicted octanol–water partition coefficient (Wildman–Crippen LogP) is 4.88. The number of nitrogens with zero attached hydrogens (tertiary/aromatic N) is 1. The number of hydrogen-bond donors (Lipinski definition) is 0. The highest BCUT2D eigenvalue weighted by Gasteiger charge is 2.38. The Hall–Kier alpha value is -2.47. The van der Waals surface area contributed by atoms with Crippen molar-refractivity contribution in [1.82, 2.24) is 4.90 Å². The van der Waals surface area contributed by atoms with Crippen molar-refractivity contribution in [3.8, 4) is 5.75 Å². The maximum atomic E-state index is 13.0. The SMILES string of the molecule is CCCCN1C(=O)C(SCc2ccco2)=C(c2ccc(OC(C)C)cc2)C1=O. The van der Waals surface area contributed by atoms with E-state index in [1.165, 1.54) is 16.7 Å². The Labute approximate surface area is 169 Å². The van der Waals surface area contributed by atoms with Crippen LogP contribution in [0.4, 0.5) is 0 Å². The van der Waals surface area contributed by atoms with E-state index in [1.54, 1.807) is 6.26 Å². The number of unbranched alkanes of at least 4 members (excludes halogenated alkanes) is 1. The molecule has 28 heavy (non-hydrogen) atoms. The Morgan fingerprint density at radius 3 is 2.46 bits per heavy atom. The van der Waals surface area contributed by atoms with Crippen molar-refractivity contribution in [2.24, 2.45) is 0 Å². The number of amides is 2. The lowest BCUT2D eigenvalue weighted by Gasteiger charge is -2.14. The van der Waals surface area contributed by atoms with E-state index in [9.17, 15) is 9.59 Å². The molecule has 1 aromatic carbocycles. The lowest BCUT2D eigenvalue weighted by atomic mass is 10.1. The van der Waals surface area contributed by atoms with E-state index in [1.807, 2.05) is 57.2 Å². The molecule has 0 saturated carbocycles. The fourth-order valence-corrected chi connectivity index (χ4v) is 4.01. The molecular weight excluding hydrogens is 374 g/mol. The van der Waals surface area contributed by atoms with Gasteiger partial charge in [-0.05, 0) is 50.1 Å². The van der Waals surface area contributed by atoms with Gasteiger partial charge in [0, 0.05) is 6.54 Å². The van der Waals surface area contributed by atoms with Gasteiger partial charge in [0.05, 0.1) is 28.6 Å². The predicted molar refractivity (Wildman–Crippen MR) is 111 cm³/mol. The molecule has 1 aliphatic heterocycles. The summed E-state index contributed by atoms with van der Waals surface area (Å²) in [5.74, 6) is 1.57. The van der Waals surface area contributed by atoms with Crippen molar-refractivity contribution in [2.75, 3.05) is 6.54 Å². The number of rotatable bonds is 9. The quantitative estimate of drug-likeness (QED) is 0.563. The van der Waals surface area contributed by atoms with Crippen molar-refractivity contribution >= 4 is 29.1 Å². The third-order valence-corrected chi connectivity index (χ3v) is 5.41. The van der Waals surface area contributed by atoms with Crippen LogP contribution < -0.4 is 4.74 Å². The maximum Gasteiger partial charge on any atom is 0.267 e. The van der Waals surface area contributed by atoms with Crippen LogP contribution in [0.1, 0.15) is 44.9 Å². The first-order valence-electron chi connectivity index (χ1n) is 9.54. The molecule has 6 heteroatoms. The Morgan fingerprint density at radius 1 is 1.11 bits per heavy atom. The van der Waals surface area contributed by atoms with Crippen molar-refractivity contribution in [1.29, 1.82) is 0 Å². The molecule has 0 aliphatic carbocycles. The molecule has 0 unspecified atom stereocenters. The first-order valence-corrected chi connectivity index (χ1v) is 10.5. The number of carbonyl (C=O) groups excluding carboxylic acids is 2. The fourth-order valence-electron chi connectivity index (χ4n) is 2.97. The fraction of sp³-hybridized carbons (Fsp3) is 0.364. The minimum Gasteiger partial charge on any atom is -0.491 e. The molecule has 0 atom stereocenters. The molecule has 0 radical (unpaired) electrons. The highest BCUT2D eigenvalue weighted by molar-refractivity contribution is 8.03. The van der Waals surface area contributed by atoms with E-state index in [0.717, 1.165) is 29.9 Å². The second-order valence-corrected chi connectivity index (χ2v) is 7.86. The zero-order chi connectivity index (χ0) is 20.1. The summed E-state index contributed by atoms with van der Waals surface area (Å²) in [4.78, 5) is 27.8. The van der Waals surface area contributed by atoms with Crippen molar-refractivity contribution < 1.29 is 18.7 Å². The largest absolute Gasteiger partial charge is 0.491 e. The second-order valence-electron chi connectivity index (χ2n) is 6.88. The number of thioether (sulfide) groups is 1. The Kier molecular flexibility index (Phi) is 6.62. The standard InChI is InChI=1S/C22H25NO4S/c1-4-5-12-23-21(24)19(16-8-10-17(11-9-16)27-15(2)3)20(22(23)25)28-14-18-7-6-13-26-18/h6-11,13,15H,4-5,12,14H2,1-3H3. The lowest BCUT2D eigenvalue weighted by Crippen LogP contribution is -2.32. The monoisotopic (exact) mass is 399 g/mol. The zero-order valence-electron chi connectivity index (χ0n) is 16.4. The smallest absolute Gasteiger partial charge is 0.267 e. The average molecular weight is 400 g/mol. The summed E-state index contributed by atoms with van der Waals surface area (Å²) in [5, 5.41) is 0. The number of furan rings is 1. The van der Waals surface area contributed by atoms with Crippen LogP contribution in [0.2, 0.25) is 0 Å². The van der Waals surface area contributed by atoms with Crippen LogP contribution >= 0.6 is 11.8 Å². The van der Waals surface area contributed by atoms with Crippen LogP contribution in [-0.2, 0) is 15.3 Å². The molecule has 2 aromatic rings. The van der Waals surface area contributed by atoms with E-state index in [2.05, 4.69) is 0 Å². The summed E-state index contributed by atoms with van der Waals surface area (Å²) < 4.78 is 11.1. The summed E-state index contributed by atoms with van der Waals surface area (Å²) in [5.41, 5.74) is 1.20. The minimum absolute atomic E-state index is 0.0729. The van der Waals surface area contributed by atoms with Crippen molar-refractivity contribution in [2.45, 2.75) is 45.5 Å². The first kappa shape index (κ1) is 20.3. The average Bonchev–Trinajstić information content (AvgIpc) is 3.26. The van der Waals surface area contributed by atoms with Gasteiger partial charge in [-0.25, -0.2) is 0 Å². The summed E-state index contributed by atoms with van der Waals surface area (Å²) >= 11 is 1.35. The number of hydrogen-bond acceptors (Lipinski definition) is 5. The second kappa shape index (κ2) is 9.15. The molecule has 0 bridgehead atoms. The van der Waals surface area contributed by atoms with E-state index in [-0.39, 0.29) is 17.9 Å². The summed E-state index contributed by atoms with van der Waals surface area (Å²) in [7, 11) is 0. The van der Waals surface area contributed by atoms with Crippen LogP contribution in [0.15, 0.2) is 52.0 Å². The minimum atomic E-state index is -0.224. The molecule has 148 valence electrons. The molecule has 0 saturated heterocycles. The molecule has 0 fully saturated rings. The van der Waals surface area contributed by atoms with Crippen LogP contribution in [0.5, 0.6) is 5.75 Å². The third kappa shape index (κ3) is 4.50. The van der Waals surface area contributed by atoms with Gasteiger partial charge in [-0.2, -0.15) is 0 Å². The highest BCUT2D eigenvalue weighted by Crippen LogP contribution is 2.38. The number of benzene rings is 1. The molecular formula is C22H25NO4S. The van der Waals surface area contributed by atoms with Gasteiger partial charge < -0.3 is 9.15 Å². The molecule has 0 N–H and O–H groups in total. The summed E-state index contributed by atoms with van der Waals surface area (Å²) in [6.07, 6.45) is 3.39. The molecule has 5 nitrogen and oxygen atoms in total. The Morgan fingerprint density at radius 2 is 1.86 bits per heavy atom. The van der Waals surface area contributed by atoms with Crippen molar-refractivity contribution in [3.05, 3.63) is 58.9 Å².